The summed E-state index contributed by atoms with van der Waals surface area (Å²) in [7, 11) is -3.89. The van der Waals surface area contributed by atoms with Crippen LogP contribution in [0, 0.1) is 22.9 Å². The minimum atomic E-state index is -3.89. The normalized spacial score (nSPS) is 16.5. The van der Waals surface area contributed by atoms with Gasteiger partial charge in [0.2, 0.25) is 15.9 Å². The second-order valence-electron chi connectivity index (χ2n) is 7.73. The van der Waals surface area contributed by atoms with Crippen LogP contribution in [0.5, 0.6) is 0 Å². The fourth-order valence-electron chi connectivity index (χ4n) is 3.57. The molecule has 0 bridgehead atoms. The molecule has 32 heavy (non-hydrogen) atoms. The van der Waals surface area contributed by atoms with Crippen LogP contribution >= 0.6 is 0 Å². The van der Waals surface area contributed by atoms with Crippen molar-refractivity contribution in [2.24, 2.45) is 0 Å². The van der Waals surface area contributed by atoms with Gasteiger partial charge < -0.3 is 5.32 Å². The first-order chi connectivity index (χ1) is 15.1. The lowest BCUT2D eigenvalue weighted by atomic mass is 10.1. The number of hydrogen-bond donors (Lipinski definition) is 1. The molecule has 1 atom stereocenters. The highest BCUT2D eigenvalue weighted by Gasteiger charge is 2.31. The van der Waals surface area contributed by atoms with Crippen molar-refractivity contribution in [1.82, 2.24) is 14.5 Å². The summed E-state index contributed by atoms with van der Waals surface area (Å²) < 4.78 is 40.4. The van der Waals surface area contributed by atoms with Crippen LogP contribution in [0.2, 0.25) is 0 Å². The number of nitro benzene ring substituents is 1. The minimum Gasteiger partial charge on any atom is -0.348 e. The summed E-state index contributed by atoms with van der Waals surface area (Å²) in [4.78, 5) is 24.6. The molecule has 1 heterocycles. The maximum atomic E-state index is 13.1. The number of hydrogen-bond acceptors (Lipinski definition) is 6. The highest BCUT2D eigenvalue weighted by atomic mass is 32.2. The lowest BCUT2D eigenvalue weighted by Crippen LogP contribution is -2.51. The summed E-state index contributed by atoms with van der Waals surface area (Å²) >= 11 is 0. The van der Waals surface area contributed by atoms with Gasteiger partial charge in [-0.2, -0.15) is 4.31 Å². The zero-order chi connectivity index (χ0) is 23.5. The average molecular weight is 465 g/mol. The Morgan fingerprint density at radius 3 is 2.38 bits per heavy atom. The average Bonchev–Trinajstić information content (AvgIpc) is 2.74. The molecule has 1 aliphatic rings. The molecule has 3 rings (SSSR count). The van der Waals surface area contributed by atoms with Gasteiger partial charge in [0, 0.05) is 38.3 Å². The van der Waals surface area contributed by atoms with Crippen LogP contribution in [0.15, 0.2) is 47.4 Å². The van der Waals surface area contributed by atoms with Gasteiger partial charge in [0.1, 0.15) is 5.82 Å². The Hall–Kier alpha value is -2.89. The van der Waals surface area contributed by atoms with Crippen LogP contribution in [-0.4, -0.2) is 61.2 Å². The summed E-state index contributed by atoms with van der Waals surface area (Å²) in [5, 5.41) is 13.9. The maximum absolute atomic E-state index is 13.1. The van der Waals surface area contributed by atoms with Gasteiger partial charge in [-0.25, -0.2) is 12.8 Å². The van der Waals surface area contributed by atoms with Gasteiger partial charge >= 0.3 is 0 Å². The summed E-state index contributed by atoms with van der Waals surface area (Å²) in [6.45, 7) is 4.55. The molecular weight excluding hydrogens is 439 g/mol. The molecule has 1 aliphatic heterocycles. The topological polar surface area (TPSA) is 113 Å². The zero-order valence-corrected chi connectivity index (χ0v) is 18.6. The zero-order valence-electron chi connectivity index (χ0n) is 17.8. The lowest BCUT2D eigenvalue weighted by Gasteiger charge is -2.34. The number of carbonyl (C=O) groups excluding carboxylic acids is 1. The van der Waals surface area contributed by atoms with E-state index in [1.165, 1.54) is 28.6 Å². The largest absolute Gasteiger partial charge is 0.348 e. The molecule has 1 N–H and O–H groups in total. The molecule has 1 fully saturated rings. The van der Waals surface area contributed by atoms with Crippen molar-refractivity contribution < 1.29 is 22.5 Å². The molecule has 1 saturated heterocycles. The van der Waals surface area contributed by atoms with E-state index in [0.29, 0.717) is 18.7 Å². The van der Waals surface area contributed by atoms with E-state index in [1.54, 1.807) is 26.0 Å². The van der Waals surface area contributed by atoms with E-state index in [9.17, 15) is 27.7 Å². The summed E-state index contributed by atoms with van der Waals surface area (Å²) in [5.74, 6) is -0.562. The van der Waals surface area contributed by atoms with Crippen molar-refractivity contribution in [1.29, 1.82) is 0 Å². The summed E-state index contributed by atoms with van der Waals surface area (Å²) in [6.07, 6.45) is 0. The predicted molar refractivity (Wildman–Crippen MR) is 116 cm³/mol. The molecule has 0 saturated carbocycles. The number of benzene rings is 2. The van der Waals surface area contributed by atoms with Crippen molar-refractivity contribution in [3.05, 3.63) is 69.5 Å². The molecule has 2 aromatic carbocycles. The first-order valence-corrected chi connectivity index (χ1v) is 11.5. The van der Waals surface area contributed by atoms with Crippen molar-refractivity contribution in [3.8, 4) is 0 Å². The van der Waals surface area contributed by atoms with Gasteiger partial charge in [0.15, 0.2) is 0 Å². The Bertz CT molecular complexity index is 1100. The second kappa shape index (κ2) is 9.72. The van der Waals surface area contributed by atoms with E-state index in [0.717, 1.165) is 11.6 Å². The number of rotatable bonds is 7. The Balaban J connectivity index is 1.57. The number of nitrogens with one attached hydrogen (secondary N) is 1. The molecule has 11 heteroatoms. The third-order valence-corrected chi connectivity index (χ3v) is 7.49. The van der Waals surface area contributed by atoms with Crippen LogP contribution in [0.1, 0.15) is 24.1 Å². The smallest absolute Gasteiger partial charge is 0.270 e. The molecule has 1 amide bonds. The molecule has 172 valence electrons. The fourth-order valence-corrected chi connectivity index (χ4v) is 5.24. The van der Waals surface area contributed by atoms with Gasteiger partial charge in [-0.15, -0.1) is 0 Å². The maximum Gasteiger partial charge on any atom is 0.270 e. The molecule has 0 radical (unpaired) electrons. The first kappa shape index (κ1) is 23.8. The molecule has 0 aliphatic carbocycles. The van der Waals surface area contributed by atoms with Crippen LogP contribution in [0.4, 0.5) is 10.1 Å². The van der Waals surface area contributed by atoms with Crippen molar-refractivity contribution in [3.63, 3.8) is 0 Å². The summed E-state index contributed by atoms with van der Waals surface area (Å²) in [5.41, 5.74) is 0.940. The standard InChI is InChI=1S/C21H25FN4O5S/c1-15-3-8-19(26(28)29)13-20(15)32(30,31)25-11-9-24(10-12-25)14-21(27)23-16(2)17-4-6-18(22)7-5-17/h3-8,13,16H,9-12,14H2,1-2H3,(H,23,27). The first-order valence-electron chi connectivity index (χ1n) is 10.1. The van der Waals surface area contributed by atoms with Crippen molar-refractivity contribution in [2.45, 2.75) is 24.8 Å². The van der Waals surface area contributed by atoms with Crippen LogP contribution in [-0.2, 0) is 14.8 Å². The predicted octanol–water partition coefficient (Wildman–Crippen LogP) is 2.23. The minimum absolute atomic E-state index is 0.0778. The number of non-ortho nitro benzene ring substituents is 1. The molecule has 9 nitrogen and oxygen atoms in total. The SMILES string of the molecule is Cc1ccc([N+](=O)[O-])cc1S(=O)(=O)N1CCN(CC(=O)NC(C)c2ccc(F)cc2)CC1. The number of halogens is 1. The Morgan fingerprint density at radius 2 is 1.78 bits per heavy atom. The third kappa shape index (κ3) is 5.47. The number of nitro groups is 1. The number of carbonyl (C=O) groups is 1. The quantitative estimate of drug-likeness (QED) is 0.497. The Morgan fingerprint density at radius 1 is 1.16 bits per heavy atom. The molecule has 0 spiro atoms. The monoisotopic (exact) mass is 464 g/mol. The molecule has 2 aromatic rings. The van der Waals surface area contributed by atoms with Crippen LogP contribution in [0.25, 0.3) is 0 Å². The van der Waals surface area contributed by atoms with Gasteiger partial charge in [-0.1, -0.05) is 18.2 Å². The lowest BCUT2D eigenvalue weighted by molar-refractivity contribution is -0.385. The van der Waals surface area contributed by atoms with E-state index >= 15 is 0 Å². The Labute approximate surface area is 186 Å². The highest BCUT2D eigenvalue weighted by Crippen LogP contribution is 2.25. The molecule has 0 aromatic heterocycles. The van der Waals surface area contributed by atoms with Crippen molar-refractivity contribution in [2.75, 3.05) is 32.7 Å². The fraction of sp³-hybridized carbons (Fsp3) is 0.381. The van der Waals surface area contributed by atoms with Gasteiger partial charge in [0.25, 0.3) is 5.69 Å². The van der Waals surface area contributed by atoms with E-state index in [4.69, 9.17) is 0 Å². The van der Waals surface area contributed by atoms with E-state index in [1.807, 2.05) is 4.90 Å². The molecule has 1 unspecified atom stereocenters. The van der Waals surface area contributed by atoms with E-state index < -0.39 is 14.9 Å². The van der Waals surface area contributed by atoms with Crippen molar-refractivity contribution >= 4 is 21.6 Å². The second-order valence-corrected chi connectivity index (χ2v) is 9.63. The highest BCUT2D eigenvalue weighted by molar-refractivity contribution is 7.89. The van der Waals surface area contributed by atoms with Crippen LogP contribution < -0.4 is 5.32 Å². The number of nitrogens with zero attached hydrogens (tertiary/aromatic N) is 3. The number of aryl methyl sites for hydroxylation is 1. The van der Waals surface area contributed by atoms with E-state index in [2.05, 4.69) is 5.32 Å². The van der Waals surface area contributed by atoms with E-state index in [-0.39, 0.29) is 48.0 Å². The van der Waals surface area contributed by atoms with Gasteiger partial charge in [0.05, 0.1) is 22.4 Å². The Kier molecular flexibility index (Phi) is 7.22. The van der Waals surface area contributed by atoms with Gasteiger partial charge in [-0.05, 0) is 37.1 Å². The number of piperazine rings is 1. The molecular formula is C21H25FN4O5S. The van der Waals surface area contributed by atoms with Crippen LogP contribution in [0.3, 0.4) is 0 Å². The third-order valence-electron chi connectivity index (χ3n) is 5.45. The number of sulfonamides is 1. The number of amides is 1. The summed E-state index contributed by atoms with van der Waals surface area (Å²) in [6, 6.07) is 9.38. The van der Waals surface area contributed by atoms with Gasteiger partial charge in [-0.3, -0.25) is 19.8 Å².